The monoisotopic (exact) mass is 344 g/mol. The standard InChI is InChI=1S/C17H24N6O2/c1-2-23-13-19-21-16(23)14-5-3-4-6-15(14)20-17(24)18-7-8-22-9-11-25-12-10-22/h3-6,13H,2,7-12H2,1H3,(H2,18,20,24). The van der Waals surface area contributed by atoms with Crippen LogP contribution < -0.4 is 10.6 Å². The Morgan fingerprint density at radius 3 is 2.88 bits per heavy atom. The average molecular weight is 344 g/mol. The lowest BCUT2D eigenvalue weighted by atomic mass is 10.1. The number of rotatable bonds is 6. The van der Waals surface area contributed by atoms with E-state index in [1.165, 1.54) is 0 Å². The molecule has 0 saturated carbocycles. The first-order valence-electron chi connectivity index (χ1n) is 8.60. The first-order chi connectivity index (χ1) is 12.3. The van der Waals surface area contributed by atoms with Crippen molar-refractivity contribution in [3.63, 3.8) is 0 Å². The van der Waals surface area contributed by atoms with Gasteiger partial charge < -0.3 is 19.9 Å². The maximum absolute atomic E-state index is 12.2. The van der Waals surface area contributed by atoms with Gasteiger partial charge in [0.1, 0.15) is 6.33 Å². The van der Waals surface area contributed by atoms with Gasteiger partial charge in [0.05, 0.1) is 18.9 Å². The van der Waals surface area contributed by atoms with Crippen molar-refractivity contribution >= 4 is 11.7 Å². The van der Waals surface area contributed by atoms with Gasteiger partial charge >= 0.3 is 6.03 Å². The van der Waals surface area contributed by atoms with Gasteiger partial charge in [0.2, 0.25) is 0 Å². The number of carbonyl (C=O) groups is 1. The number of carbonyl (C=O) groups excluding carboxylic acids is 1. The molecule has 1 fully saturated rings. The van der Waals surface area contributed by atoms with Gasteiger partial charge in [0.15, 0.2) is 5.82 Å². The van der Waals surface area contributed by atoms with Gasteiger partial charge in [-0.05, 0) is 19.1 Å². The Hall–Kier alpha value is -2.45. The molecule has 1 aromatic heterocycles. The number of aryl methyl sites for hydroxylation is 1. The summed E-state index contributed by atoms with van der Waals surface area (Å²) in [4.78, 5) is 14.5. The molecule has 1 saturated heterocycles. The summed E-state index contributed by atoms with van der Waals surface area (Å²) in [6, 6.07) is 7.39. The smallest absolute Gasteiger partial charge is 0.319 e. The number of benzene rings is 1. The van der Waals surface area contributed by atoms with E-state index in [0.29, 0.717) is 12.2 Å². The SMILES string of the molecule is CCn1cnnc1-c1ccccc1NC(=O)NCCN1CCOCC1. The van der Waals surface area contributed by atoms with Crippen LogP contribution in [0.15, 0.2) is 30.6 Å². The third-order valence-electron chi connectivity index (χ3n) is 4.19. The lowest BCUT2D eigenvalue weighted by Gasteiger charge is -2.26. The van der Waals surface area contributed by atoms with E-state index in [2.05, 4.69) is 25.7 Å². The summed E-state index contributed by atoms with van der Waals surface area (Å²) in [5.41, 5.74) is 1.57. The molecule has 1 aromatic carbocycles. The van der Waals surface area contributed by atoms with Crippen LogP contribution >= 0.6 is 0 Å². The number of nitrogens with one attached hydrogen (secondary N) is 2. The molecule has 2 heterocycles. The normalized spacial score (nSPS) is 15.1. The Bertz CT molecular complexity index is 696. The van der Waals surface area contributed by atoms with Crippen LogP contribution in [0.1, 0.15) is 6.92 Å². The Morgan fingerprint density at radius 2 is 2.08 bits per heavy atom. The molecule has 1 aliphatic rings. The number of anilines is 1. The fourth-order valence-electron chi connectivity index (χ4n) is 2.80. The lowest BCUT2D eigenvalue weighted by Crippen LogP contribution is -2.42. The molecule has 1 aliphatic heterocycles. The van der Waals surface area contributed by atoms with Gasteiger partial charge in [-0.15, -0.1) is 10.2 Å². The largest absolute Gasteiger partial charge is 0.379 e. The second kappa shape index (κ2) is 8.59. The Morgan fingerprint density at radius 1 is 1.28 bits per heavy atom. The van der Waals surface area contributed by atoms with Crippen LogP contribution in [0.4, 0.5) is 10.5 Å². The summed E-state index contributed by atoms with van der Waals surface area (Å²) in [6.45, 7) is 7.57. The molecule has 3 rings (SSSR count). The van der Waals surface area contributed by atoms with Crippen molar-refractivity contribution in [1.82, 2.24) is 25.0 Å². The number of nitrogens with zero attached hydrogens (tertiary/aromatic N) is 4. The van der Waals surface area contributed by atoms with E-state index in [4.69, 9.17) is 4.74 Å². The zero-order valence-electron chi connectivity index (χ0n) is 14.4. The number of ether oxygens (including phenoxy) is 1. The van der Waals surface area contributed by atoms with E-state index < -0.39 is 0 Å². The van der Waals surface area contributed by atoms with Crippen LogP contribution in [0.5, 0.6) is 0 Å². The van der Waals surface area contributed by atoms with Crippen LogP contribution in [0.2, 0.25) is 0 Å². The lowest BCUT2D eigenvalue weighted by molar-refractivity contribution is 0.0388. The minimum Gasteiger partial charge on any atom is -0.379 e. The highest BCUT2D eigenvalue weighted by Gasteiger charge is 2.13. The minimum atomic E-state index is -0.219. The molecule has 0 radical (unpaired) electrons. The van der Waals surface area contributed by atoms with Crippen LogP contribution in [0, 0.1) is 0 Å². The van der Waals surface area contributed by atoms with E-state index in [1.54, 1.807) is 6.33 Å². The molecular formula is C17H24N6O2. The predicted molar refractivity (Wildman–Crippen MR) is 95.4 cm³/mol. The Kier molecular flexibility index (Phi) is 5.97. The number of para-hydroxylation sites is 1. The van der Waals surface area contributed by atoms with Crippen molar-refractivity contribution in [2.24, 2.45) is 0 Å². The van der Waals surface area contributed by atoms with Crippen molar-refractivity contribution in [3.05, 3.63) is 30.6 Å². The van der Waals surface area contributed by atoms with E-state index >= 15 is 0 Å². The van der Waals surface area contributed by atoms with E-state index in [0.717, 1.165) is 50.8 Å². The number of amides is 2. The average Bonchev–Trinajstić information content (AvgIpc) is 3.11. The highest BCUT2D eigenvalue weighted by Crippen LogP contribution is 2.25. The first kappa shape index (κ1) is 17.4. The van der Waals surface area contributed by atoms with Crippen LogP contribution in [0.25, 0.3) is 11.4 Å². The molecule has 8 nitrogen and oxygen atoms in total. The van der Waals surface area contributed by atoms with Gasteiger partial charge in [-0.25, -0.2) is 4.79 Å². The Labute approximate surface area is 147 Å². The summed E-state index contributed by atoms with van der Waals surface area (Å²) in [5, 5.41) is 13.9. The second-order valence-electron chi connectivity index (χ2n) is 5.82. The van der Waals surface area contributed by atoms with E-state index in [1.807, 2.05) is 35.8 Å². The maximum Gasteiger partial charge on any atom is 0.319 e. The van der Waals surface area contributed by atoms with E-state index in [9.17, 15) is 4.79 Å². The molecule has 134 valence electrons. The van der Waals surface area contributed by atoms with Crippen molar-refractivity contribution < 1.29 is 9.53 Å². The van der Waals surface area contributed by atoms with Gasteiger partial charge in [-0.1, -0.05) is 12.1 Å². The summed E-state index contributed by atoms with van der Waals surface area (Å²) < 4.78 is 7.26. The Balaban J connectivity index is 1.58. The summed E-state index contributed by atoms with van der Waals surface area (Å²) in [6.07, 6.45) is 1.69. The second-order valence-corrected chi connectivity index (χ2v) is 5.82. The minimum absolute atomic E-state index is 0.219. The number of aromatic nitrogens is 3. The number of hydrogen-bond acceptors (Lipinski definition) is 5. The summed E-state index contributed by atoms with van der Waals surface area (Å²) >= 11 is 0. The number of morpholine rings is 1. The topological polar surface area (TPSA) is 84.3 Å². The van der Waals surface area contributed by atoms with Crippen LogP contribution in [-0.4, -0.2) is 65.1 Å². The molecule has 0 bridgehead atoms. The molecule has 8 heteroatoms. The van der Waals surface area contributed by atoms with Crippen molar-refractivity contribution in [2.75, 3.05) is 44.7 Å². The molecule has 0 aliphatic carbocycles. The third kappa shape index (κ3) is 4.55. The molecular weight excluding hydrogens is 320 g/mol. The van der Waals surface area contributed by atoms with E-state index in [-0.39, 0.29) is 6.03 Å². The molecule has 0 atom stereocenters. The number of urea groups is 1. The molecule has 25 heavy (non-hydrogen) atoms. The molecule has 2 amide bonds. The first-order valence-corrected chi connectivity index (χ1v) is 8.60. The zero-order chi connectivity index (χ0) is 17.5. The molecule has 2 N–H and O–H groups in total. The number of hydrogen-bond donors (Lipinski definition) is 2. The van der Waals surface area contributed by atoms with Gasteiger partial charge in [-0.3, -0.25) is 4.90 Å². The van der Waals surface area contributed by atoms with Crippen molar-refractivity contribution in [3.8, 4) is 11.4 Å². The summed E-state index contributed by atoms with van der Waals surface area (Å²) in [7, 11) is 0. The third-order valence-corrected chi connectivity index (χ3v) is 4.19. The molecule has 2 aromatic rings. The zero-order valence-corrected chi connectivity index (χ0v) is 14.4. The van der Waals surface area contributed by atoms with Crippen molar-refractivity contribution in [1.29, 1.82) is 0 Å². The van der Waals surface area contributed by atoms with Crippen LogP contribution in [0.3, 0.4) is 0 Å². The predicted octanol–water partition coefficient (Wildman–Crippen LogP) is 1.42. The molecule has 0 unspecified atom stereocenters. The fourth-order valence-corrected chi connectivity index (χ4v) is 2.80. The van der Waals surface area contributed by atoms with Gasteiger partial charge in [0.25, 0.3) is 0 Å². The quantitative estimate of drug-likeness (QED) is 0.828. The maximum atomic E-state index is 12.2. The summed E-state index contributed by atoms with van der Waals surface area (Å²) in [5.74, 6) is 0.742. The van der Waals surface area contributed by atoms with Gasteiger partial charge in [0, 0.05) is 38.3 Å². The fraction of sp³-hybridized carbons (Fsp3) is 0.471. The highest BCUT2D eigenvalue weighted by atomic mass is 16.5. The highest BCUT2D eigenvalue weighted by molar-refractivity contribution is 5.93. The molecule has 0 spiro atoms. The van der Waals surface area contributed by atoms with Crippen LogP contribution in [-0.2, 0) is 11.3 Å². The van der Waals surface area contributed by atoms with Crippen molar-refractivity contribution in [2.45, 2.75) is 13.5 Å². The van der Waals surface area contributed by atoms with Gasteiger partial charge in [-0.2, -0.15) is 0 Å².